The molecule has 1 aromatic rings. The van der Waals surface area contributed by atoms with E-state index >= 15 is 0 Å². The lowest BCUT2D eigenvalue weighted by Crippen LogP contribution is -2.15. The fourth-order valence-electron chi connectivity index (χ4n) is 1.43. The second-order valence-electron chi connectivity index (χ2n) is 3.70. The van der Waals surface area contributed by atoms with Crippen LogP contribution in [0, 0.1) is 0 Å². The minimum atomic E-state index is -2.42. The maximum atomic E-state index is 11.8. The van der Waals surface area contributed by atoms with Crippen molar-refractivity contribution in [3.8, 4) is 5.75 Å². The third-order valence-corrected chi connectivity index (χ3v) is 2.27. The molecule has 0 amide bonds. The SMILES string of the molecule is CCNCc1ccccc1OCCOCC(F)F. The normalized spacial score (nSPS) is 10.9. The summed E-state index contributed by atoms with van der Waals surface area (Å²) in [5.74, 6) is 0.763. The Balaban J connectivity index is 2.32. The average molecular weight is 259 g/mol. The Morgan fingerprint density at radius 2 is 2.00 bits per heavy atom. The zero-order valence-corrected chi connectivity index (χ0v) is 10.5. The van der Waals surface area contributed by atoms with Crippen LogP contribution in [0.1, 0.15) is 12.5 Å². The number of benzene rings is 1. The van der Waals surface area contributed by atoms with Gasteiger partial charge in [0.1, 0.15) is 19.0 Å². The first kappa shape index (κ1) is 14.9. The predicted octanol–water partition coefficient (Wildman–Crippen LogP) is 2.46. The van der Waals surface area contributed by atoms with Gasteiger partial charge in [0.15, 0.2) is 0 Å². The van der Waals surface area contributed by atoms with Crippen LogP contribution in [0.3, 0.4) is 0 Å². The average Bonchev–Trinajstić information content (AvgIpc) is 2.36. The topological polar surface area (TPSA) is 30.5 Å². The first-order chi connectivity index (χ1) is 8.74. The van der Waals surface area contributed by atoms with Gasteiger partial charge >= 0.3 is 0 Å². The van der Waals surface area contributed by atoms with E-state index in [0.29, 0.717) is 0 Å². The zero-order valence-electron chi connectivity index (χ0n) is 10.5. The van der Waals surface area contributed by atoms with Gasteiger partial charge in [-0.2, -0.15) is 0 Å². The number of hydrogen-bond acceptors (Lipinski definition) is 3. The van der Waals surface area contributed by atoms with Crippen LogP contribution in [0.15, 0.2) is 24.3 Å². The first-order valence-corrected chi connectivity index (χ1v) is 6.01. The van der Waals surface area contributed by atoms with Crippen molar-refractivity contribution in [2.24, 2.45) is 0 Å². The van der Waals surface area contributed by atoms with Crippen molar-refractivity contribution in [1.82, 2.24) is 5.32 Å². The summed E-state index contributed by atoms with van der Waals surface area (Å²) in [6, 6.07) is 7.65. The van der Waals surface area contributed by atoms with Gasteiger partial charge in [-0.15, -0.1) is 0 Å². The fraction of sp³-hybridized carbons (Fsp3) is 0.538. The van der Waals surface area contributed by atoms with Crippen molar-refractivity contribution in [1.29, 1.82) is 0 Å². The minimum absolute atomic E-state index is 0.167. The predicted molar refractivity (Wildman–Crippen MR) is 66.1 cm³/mol. The van der Waals surface area contributed by atoms with Crippen LogP contribution in [-0.2, 0) is 11.3 Å². The van der Waals surface area contributed by atoms with Gasteiger partial charge in [0, 0.05) is 12.1 Å². The number of alkyl halides is 2. The molecule has 1 rings (SSSR count). The standard InChI is InChI=1S/C13H19F2NO2/c1-2-16-9-11-5-3-4-6-12(11)18-8-7-17-10-13(14)15/h3-6,13,16H,2,7-10H2,1H3. The summed E-state index contributed by atoms with van der Waals surface area (Å²) in [6.45, 7) is 3.54. The second-order valence-corrected chi connectivity index (χ2v) is 3.70. The van der Waals surface area contributed by atoms with Gasteiger partial charge in [-0.05, 0) is 12.6 Å². The Kier molecular flexibility index (Phi) is 7.29. The van der Waals surface area contributed by atoms with Crippen molar-refractivity contribution in [2.45, 2.75) is 19.9 Å². The van der Waals surface area contributed by atoms with Crippen LogP contribution in [0.5, 0.6) is 5.75 Å². The molecule has 0 bridgehead atoms. The molecule has 0 fully saturated rings. The minimum Gasteiger partial charge on any atom is -0.491 e. The molecule has 0 radical (unpaired) electrons. The summed E-state index contributed by atoms with van der Waals surface area (Å²) in [5.41, 5.74) is 1.05. The molecule has 0 spiro atoms. The van der Waals surface area contributed by atoms with Crippen molar-refractivity contribution < 1.29 is 18.3 Å². The van der Waals surface area contributed by atoms with E-state index < -0.39 is 13.0 Å². The summed E-state index contributed by atoms with van der Waals surface area (Å²) in [5, 5.41) is 3.21. The highest BCUT2D eigenvalue weighted by atomic mass is 19.3. The van der Waals surface area contributed by atoms with Crippen molar-refractivity contribution in [2.75, 3.05) is 26.4 Å². The highest BCUT2D eigenvalue weighted by Gasteiger charge is 2.04. The van der Waals surface area contributed by atoms with E-state index in [2.05, 4.69) is 5.32 Å². The van der Waals surface area contributed by atoms with Gasteiger partial charge < -0.3 is 14.8 Å². The van der Waals surface area contributed by atoms with Gasteiger partial charge in [-0.25, -0.2) is 8.78 Å². The van der Waals surface area contributed by atoms with Gasteiger partial charge in [0.2, 0.25) is 0 Å². The molecule has 3 nitrogen and oxygen atoms in total. The van der Waals surface area contributed by atoms with Crippen LogP contribution in [-0.4, -0.2) is 32.8 Å². The molecular formula is C13H19F2NO2. The Morgan fingerprint density at radius 3 is 2.72 bits per heavy atom. The quantitative estimate of drug-likeness (QED) is 0.691. The van der Waals surface area contributed by atoms with Gasteiger partial charge in [-0.1, -0.05) is 25.1 Å². The fourth-order valence-corrected chi connectivity index (χ4v) is 1.43. The van der Waals surface area contributed by atoms with Gasteiger partial charge in [-0.3, -0.25) is 0 Å². The van der Waals surface area contributed by atoms with Crippen molar-refractivity contribution in [3.63, 3.8) is 0 Å². The smallest absolute Gasteiger partial charge is 0.261 e. The Bertz CT molecular complexity index is 335. The van der Waals surface area contributed by atoms with Crippen LogP contribution in [0.25, 0.3) is 0 Å². The second kappa shape index (κ2) is 8.83. The molecule has 0 aliphatic rings. The zero-order chi connectivity index (χ0) is 13.2. The summed E-state index contributed by atoms with van der Waals surface area (Å²) < 4.78 is 33.9. The lowest BCUT2D eigenvalue weighted by Gasteiger charge is -2.11. The van der Waals surface area contributed by atoms with Crippen molar-refractivity contribution in [3.05, 3.63) is 29.8 Å². The molecule has 0 heterocycles. The van der Waals surface area contributed by atoms with Crippen molar-refractivity contribution >= 4 is 0 Å². The third-order valence-electron chi connectivity index (χ3n) is 2.27. The lowest BCUT2D eigenvalue weighted by molar-refractivity contribution is 0.00754. The molecule has 0 aliphatic carbocycles. The third kappa shape index (κ3) is 5.93. The monoisotopic (exact) mass is 259 g/mol. The van der Waals surface area contributed by atoms with Gasteiger partial charge in [0.05, 0.1) is 6.61 Å². The molecule has 0 unspecified atom stereocenters. The number of hydrogen-bond donors (Lipinski definition) is 1. The molecule has 18 heavy (non-hydrogen) atoms. The van der Waals surface area contributed by atoms with Crippen LogP contribution >= 0.6 is 0 Å². The van der Waals surface area contributed by atoms with Crippen LogP contribution in [0.4, 0.5) is 8.78 Å². The van der Waals surface area contributed by atoms with E-state index in [1.807, 2.05) is 31.2 Å². The lowest BCUT2D eigenvalue weighted by atomic mass is 10.2. The molecule has 0 saturated carbocycles. The maximum Gasteiger partial charge on any atom is 0.261 e. The highest BCUT2D eigenvalue weighted by molar-refractivity contribution is 5.33. The molecule has 102 valence electrons. The van der Waals surface area contributed by atoms with E-state index in [9.17, 15) is 8.78 Å². The van der Waals surface area contributed by atoms with E-state index in [1.54, 1.807) is 0 Å². The van der Waals surface area contributed by atoms with Gasteiger partial charge in [0.25, 0.3) is 6.43 Å². The number of nitrogens with one attached hydrogen (secondary N) is 1. The molecule has 5 heteroatoms. The number of ether oxygens (including phenoxy) is 2. The van der Waals surface area contributed by atoms with Crippen LogP contribution in [0.2, 0.25) is 0 Å². The summed E-state index contributed by atoms with van der Waals surface area (Å²) >= 11 is 0. The molecule has 0 saturated heterocycles. The van der Waals surface area contributed by atoms with E-state index in [0.717, 1.165) is 24.4 Å². The molecule has 0 aromatic heterocycles. The largest absolute Gasteiger partial charge is 0.491 e. The number of halogens is 2. The maximum absolute atomic E-state index is 11.8. The number of para-hydroxylation sites is 1. The molecule has 0 atom stereocenters. The molecule has 0 aliphatic heterocycles. The Labute approximate surface area is 106 Å². The Hall–Kier alpha value is -1.20. The number of rotatable bonds is 9. The Morgan fingerprint density at radius 1 is 1.22 bits per heavy atom. The van der Waals surface area contributed by atoms with Crippen LogP contribution < -0.4 is 10.1 Å². The first-order valence-electron chi connectivity index (χ1n) is 6.01. The summed E-state index contributed by atoms with van der Waals surface area (Å²) in [7, 11) is 0. The highest BCUT2D eigenvalue weighted by Crippen LogP contribution is 2.17. The summed E-state index contributed by atoms with van der Waals surface area (Å²) in [6.07, 6.45) is -2.42. The summed E-state index contributed by atoms with van der Waals surface area (Å²) in [4.78, 5) is 0. The molecular weight excluding hydrogens is 240 g/mol. The van der Waals surface area contributed by atoms with E-state index in [4.69, 9.17) is 9.47 Å². The van der Waals surface area contributed by atoms with E-state index in [1.165, 1.54) is 0 Å². The van der Waals surface area contributed by atoms with E-state index in [-0.39, 0.29) is 13.2 Å². The molecule has 1 N–H and O–H groups in total. The molecule has 1 aromatic carbocycles.